The lowest BCUT2D eigenvalue weighted by atomic mass is 10.1. The van der Waals surface area contributed by atoms with Gasteiger partial charge >= 0.3 is 0 Å². The molecule has 3 rings (SSSR count). The number of aromatic nitrogens is 1. The summed E-state index contributed by atoms with van der Waals surface area (Å²) in [6, 6.07) is 17.5. The van der Waals surface area contributed by atoms with Gasteiger partial charge in [0.25, 0.3) is 0 Å². The predicted molar refractivity (Wildman–Crippen MR) is 107 cm³/mol. The van der Waals surface area contributed by atoms with Gasteiger partial charge in [-0.3, -0.25) is 0 Å². The van der Waals surface area contributed by atoms with Crippen molar-refractivity contribution in [2.75, 3.05) is 20.0 Å². The number of methoxy groups -OCH3 is 2. The van der Waals surface area contributed by atoms with Crippen molar-refractivity contribution in [1.29, 1.82) is 0 Å². The first kappa shape index (κ1) is 18.5. The zero-order valence-corrected chi connectivity index (χ0v) is 15.6. The van der Waals surface area contributed by atoms with E-state index in [4.69, 9.17) is 14.5 Å². The molecule has 2 aromatic carbocycles. The van der Waals surface area contributed by atoms with E-state index in [1.54, 1.807) is 32.0 Å². The number of ether oxygens (including phenoxy) is 2. The van der Waals surface area contributed by atoms with Crippen LogP contribution in [-0.4, -0.2) is 36.4 Å². The molecule has 0 radical (unpaired) electrons. The molecule has 4 nitrogen and oxygen atoms in total. The van der Waals surface area contributed by atoms with Gasteiger partial charge in [-0.15, -0.1) is 11.8 Å². The van der Waals surface area contributed by atoms with Gasteiger partial charge in [-0.2, -0.15) is 0 Å². The van der Waals surface area contributed by atoms with E-state index in [1.165, 1.54) is 0 Å². The Bertz CT molecular complexity index is 907. The fraction of sp³-hybridized carbons (Fsp3) is 0.190. The maximum Gasteiger partial charge on any atom is 0.166 e. The fourth-order valence-corrected chi connectivity index (χ4v) is 3.41. The molecule has 26 heavy (non-hydrogen) atoms. The minimum Gasteiger partial charge on any atom is -0.507 e. The molecule has 0 saturated heterocycles. The Balaban J connectivity index is 1.79. The summed E-state index contributed by atoms with van der Waals surface area (Å²) in [6.45, 7) is 0. The number of para-hydroxylation sites is 1. The van der Waals surface area contributed by atoms with Crippen molar-refractivity contribution in [2.24, 2.45) is 0 Å². The third-order valence-corrected chi connectivity index (χ3v) is 4.94. The number of phenolic OH excluding ortho intramolecular Hbond substituents is 1. The van der Waals surface area contributed by atoms with Crippen molar-refractivity contribution < 1.29 is 14.6 Å². The van der Waals surface area contributed by atoms with Crippen molar-refractivity contribution in [3.8, 4) is 5.75 Å². The third-order valence-electron chi connectivity index (χ3n) is 3.98. The van der Waals surface area contributed by atoms with Crippen LogP contribution in [-0.2, 0) is 9.47 Å². The van der Waals surface area contributed by atoms with Gasteiger partial charge < -0.3 is 14.6 Å². The van der Waals surface area contributed by atoms with Crippen molar-refractivity contribution >= 4 is 34.8 Å². The van der Waals surface area contributed by atoms with Crippen LogP contribution in [0.2, 0.25) is 0 Å². The highest BCUT2D eigenvalue weighted by molar-refractivity contribution is 7.99. The van der Waals surface area contributed by atoms with E-state index >= 15 is 0 Å². The van der Waals surface area contributed by atoms with Gasteiger partial charge in [0.2, 0.25) is 0 Å². The molecular formula is C21H21NO3S. The minimum absolute atomic E-state index is 0.245. The smallest absolute Gasteiger partial charge is 0.166 e. The van der Waals surface area contributed by atoms with Crippen LogP contribution in [0.25, 0.3) is 23.1 Å². The number of nitrogens with zero attached hydrogens (tertiary/aromatic N) is 1. The minimum atomic E-state index is -0.245. The molecule has 0 atom stereocenters. The maximum atomic E-state index is 9.85. The number of thioether (sulfide) groups is 1. The van der Waals surface area contributed by atoms with Crippen LogP contribution in [0.4, 0.5) is 0 Å². The van der Waals surface area contributed by atoms with Crippen LogP contribution in [0.3, 0.4) is 0 Å². The molecule has 0 spiro atoms. The number of rotatable bonds is 7. The number of benzene rings is 2. The standard InChI is InChI=1S/C21H21NO3S/c1-24-21(25-2)14-26-20-12-11-16-9-7-15(13-18(16)22-20)8-10-17-5-3-4-6-19(17)23/h3-13,21,23H,14H2,1-2H3/b10-8+. The Morgan fingerprint density at radius 3 is 2.58 bits per heavy atom. The van der Waals surface area contributed by atoms with Crippen molar-refractivity contribution in [2.45, 2.75) is 11.3 Å². The summed E-state index contributed by atoms with van der Waals surface area (Å²) in [4.78, 5) is 4.72. The normalized spacial score (nSPS) is 11.7. The summed E-state index contributed by atoms with van der Waals surface area (Å²) in [5, 5.41) is 11.9. The Labute approximate surface area is 157 Å². The number of aromatic hydroxyl groups is 1. The van der Waals surface area contributed by atoms with E-state index in [2.05, 4.69) is 12.1 Å². The second-order valence-electron chi connectivity index (χ2n) is 5.71. The molecule has 0 fully saturated rings. The number of pyridine rings is 1. The summed E-state index contributed by atoms with van der Waals surface area (Å²) in [5.41, 5.74) is 2.75. The van der Waals surface area contributed by atoms with Crippen LogP contribution in [0.1, 0.15) is 11.1 Å². The van der Waals surface area contributed by atoms with Crippen LogP contribution < -0.4 is 0 Å². The van der Waals surface area contributed by atoms with Crippen LogP contribution in [0.5, 0.6) is 5.75 Å². The van der Waals surface area contributed by atoms with E-state index in [-0.39, 0.29) is 12.0 Å². The highest BCUT2D eigenvalue weighted by Gasteiger charge is 2.07. The molecule has 1 heterocycles. The van der Waals surface area contributed by atoms with Crippen LogP contribution in [0.15, 0.2) is 59.6 Å². The van der Waals surface area contributed by atoms with Crippen molar-refractivity contribution in [3.63, 3.8) is 0 Å². The molecule has 0 unspecified atom stereocenters. The molecule has 0 bridgehead atoms. The first-order valence-electron chi connectivity index (χ1n) is 8.25. The van der Waals surface area contributed by atoms with Crippen LogP contribution in [0, 0.1) is 0 Å². The molecule has 0 aliphatic heterocycles. The quantitative estimate of drug-likeness (QED) is 0.368. The second-order valence-corrected chi connectivity index (χ2v) is 6.75. The van der Waals surface area contributed by atoms with E-state index in [0.29, 0.717) is 5.75 Å². The fourth-order valence-electron chi connectivity index (χ4n) is 2.50. The Kier molecular flexibility index (Phi) is 6.28. The Morgan fingerprint density at radius 1 is 1.04 bits per heavy atom. The largest absolute Gasteiger partial charge is 0.507 e. The highest BCUT2D eigenvalue weighted by Crippen LogP contribution is 2.24. The molecule has 0 amide bonds. The molecule has 5 heteroatoms. The highest BCUT2D eigenvalue weighted by atomic mass is 32.2. The number of hydrogen-bond donors (Lipinski definition) is 1. The van der Waals surface area contributed by atoms with E-state index in [1.807, 2.05) is 48.6 Å². The second kappa shape index (κ2) is 8.85. The Morgan fingerprint density at radius 2 is 1.81 bits per heavy atom. The number of hydrogen-bond acceptors (Lipinski definition) is 5. The summed E-state index contributed by atoms with van der Waals surface area (Å²) in [5.74, 6) is 0.949. The molecule has 1 N–H and O–H groups in total. The summed E-state index contributed by atoms with van der Waals surface area (Å²) in [7, 11) is 3.26. The average Bonchev–Trinajstić information content (AvgIpc) is 2.68. The molecule has 0 saturated carbocycles. The lowest BCUT2D eigenvalue weighted by Gasteiger charge is -2.12. The molecule has 0 aliphatic carbocycles. The average molecular weight is 367 g/mol. The van der Waals surface area contributed by atoms with Gasteiger partial charge in [0, 0.05) is 25.2 Å². The summed E-state index contributed by atoms with van der Waals surface area (Å²) < 4.78 is 10.4. The lowest BCUT2D eigenvalue weighted by molar-refractivity contribution is -0.0842. The summed E-state index contributed by atoms with van der Waals surface area (Å²) >= 11 is 1.60. The zero-order valence-electron chi connectivity index (χ0n) is 14.8. The van der Waals surface area contributed by atoms with Crippen molar-refractivity contribution in [3.05, 3.63) is 65.7 Å². The van der Waals surface area contributed by atoms with Gasteiger partial charge in [-0.25, -0.2) is 4.98 Å². The van der Waals surface area contributed by atoms with E-state index in [0.717, 1.165) is 27.1 Å². The number of phenols is 1. The van der Waals surface area contributed by atoms with Gasteiger partial charge in [0.15, 0.2) is 6.29 Å². The first-order valence-corrected chi connectivity index (χ1v) is 9.23. The summed E-state index contributed by atoms with van der Waals surface area (Å²) in [6.07, 6.45) is 3.63. The molecule has 134 valence electrons. The SMILES string of the molecule is COC(CSc1ccc2ccc(/C=C/c3ccccc3O)cc2n1)OC. The lowest BCUT2D eigenvalue weighted by Crippen LogP contribution is -2.15. The predicted octanol–water partition coefficient (Wildman–Crippen LogP) is 4.82. The van der Waals surface area contributed by atoms with E-state index < -0.39 is 0 Å². The van der Waals surface area contributed by atoms with Gasteiger partial charge in [-0.1, -0.05) is 48.6 Å². The first-order chi connectivity index (χ1) is 12.7. The van der Waals surface area contributed by atoms with Gasteiger partial charge in [0.05, 0.1) is 16.3 Å². The third kappa shape index (κ3) is 4.64. The van der Waals surface area contributed by atoms with Crippen LogP contribution >= 0.6 is 11.8 Å². The maximum absolute atomic E-state index is 9.85. The van der Waals surface area contributed by atoms with E-state index in [9.17, 15) is 5.11 Å². The molecule has 3 aromatic rings. The zero-order chi connectivity index (χ0) is 18.4. The monoisotopic (exact) mass is 367 g/mol. The Hall–Kier alpha value is -2.34. The molecular weight excluding hydrogens is 346 g/mol. The topological polar surface area (TPSA) is 51.6 Å². The van der Waals surface area contributed by atoms with Crippen molar-refractivity contribution in [1.82, 2.24) is 4.98 Å². The van der Waals surface area contributed by atoms with Gasteiger partial charge in [0.1, 0.15) is 5.75 Å². The number of fused-ring (bicyclic) bond motifs is 1. The molecule has 1 aromatic heterocycles. The van der Waals surface area contributed by atoms with Gasteiger partial charge in [-0.05, 0) is 23.8 Å². The molecule has 0 aliphatic rings.